The first kappa shape index (κ1) is 29.1. The van der Waals surface area contributed by atoms with E-state index in [1.165, 1.54) is 57.3 Å². The van der Waals surface area contributed by atoms with Gasteiger partial charge in [0.1, 0.15) is 6.10 Å². The summed E-state index contributed by atoms with van der Waals surface area (Å²) in [6.07, 6.45) is 12.5. The van der Waals surface area contributed by atoms with Crippen LogP contribution < -0.4 is 0 Å². The molecule has 0 radical (unpaired) electrons. The Hall–Kier alpha value is -1.43. The Balaban J connectivity index is 1.21. The van der Waals surface area contributed by atoms with E-state index in [0.29, 0.717) is 41.2 Å². The monoisotopic (exact) mass is 543 g/mol. The number of nitrogens with zero attached hydrogens (tertiary/aromatic N) is 1. The summed E-state index contributed by atoms with van der Waals surface area (Å²) in [5, 5.41) is 0. The molecule has 6 nitrogen and oxygen atoms in total. The van der Waals surface area contributed by atoms with Crippen molar-refractivity contribution < 1.29 is 23.9 Å². The lowest BCUT2D eigenvalue weighted by Gasteiger charge is -2.61. The number of esters is 1. The van der Waals surface area contributed by atoms with Crippen molar-refractivity contribution in [2.24, 2.45) is 52.3 Å². The highest BCUT2D eigenvalue weighted by atomic mass is 16.5. The van der Waals surface area contributed by atoms with Gasteiger partial charge in [0.05, 0.1) is 12.2 Å². The molecular weight excluding hydrogens is 490 g/mol. The Morgan fingerprint density at radius 2 is 1.64 bits per heavy atom. The zero-order chi connectivity index (χ0) is 28.3. The van der Waals surface area contributed by atoms with Gasteiger partial charge in [-0.25, -0.2) is 0 Å². The van der Waals surface area contributed by atoms with Gasteiger partial charge in [-0.05, 0) is 116 Å². The van der Waals surface area contributed by atoms with Crippen LogP contribution in [0, 0.1) is 52.3 Å². The summed E-state index contributed by atoms with van der Waals surface area (Å²) in [5.74, 6) is 4.06. The standard InChI is InChI=1S/C33H53NO5/c1-19(18-34(21(3)35)22(4)36)8-11-29-20(2)31-30(39-29)17-28-26-10-9-24-16-25(38-23(5)37)12-14-32(24,6)27(26)13-15-33(28,31)7/h19-20,24-31H,8-18H2,1-7H3/t19-,20-,24+,25+,26+,27-,28+,29-,30+,31-,32+,33+/m1/s1. The normalized spacial score (nSPS) is 45.4. The predicted molar refractivity (Wildman–Crippen MR) is 150 cm³/mol. The van der Waals surface area contributed by atoms with Gasteiger partial charge in [0.2, 0.25) is 11.8 Å². The maximum atomic E-state index is 11.8. The van der Waals surface area contributed by atoms with E-state index in [2.05, 4.69) is 27.7 Å². The summed E-state index contributed by atoms with van der Waals surface area (Å²) in [6, 6.07) is 0. The average molecular weight is 544 g/mol. The number of carbonyl (C=O) groups is 3. The first-order chi connectivity index (χ1) is 18.3. The molecule has 1 saturated heterocycles. The van der Waals surface area contributed by atoms with Gasteiger partial charge in [0, 0.05) is 27.3 Å². The SMILES string of the molecule is CC(=O)O[C@H]1CC[C@@]2(C)[C@@H](CC[C@H]3[C@H]2CC[C@]2(C)[C@@H]4[C@H](C)[C@@H](CC[C@@H](C)CN(C(C)=O)C(C)=O)O[C@H]4C[C@@H]32)C1. The Bertz CT molecular complexity index is 952. The maximum Gasteiger partial charge on any atom is 0.302 e. The van der Waals surface area contributed by atoms with Crippen LogP contribution in [0.4, 0.5) is 0 Å². The maximum absolute atomic E-state index is 11.8. The molecule has 4 saturated carbocycles. The van der Waals surface area contributed by atoms with Gasteiger partial charge < -0.3 is 9.47 Å². The lowest BCUT2D eigenvalue weighted by Crippen LogP contribution is -2.54. The number of ether oxygens (including phenoxy) is 2. The first-order valence-electron chi connectivity index (χ1n) is 16.0. The minimum absolute atomic E-state index is 0.124. The van der Waals surface area contributed by atoms with E-state index in [9.17, 15) is 14.4 Å². The molecule has 6 heteroatoms. The minimum atomic E-state index is -0.163. The number of rotatable bonds is 6. The second-order valence-corrected chi connectivity index (χ2v) is 14.9. The fraction of sp³-hybridized carbons (Fsp3) is 0.909. The molecule has 0 spiro atoms. The molecule has 0 aromatic rings. The van der Waals surface area contributed by atoms with Gasteiger partial charge in [0.25, 0.3) is 0 Å². The van der Waals surface area contributed by atoms with Crippen LogP contribution in [-0.4, -0.2) is 47.5 Å². The average Bonchev–Trinajstić information content (AvgIpc) is 3.33. The quantitative estimate of drug-likeness (QED) is 0.362. The van der Waals surface area contributed by atoms with Crippen molar-refractivity contribution in [3.05, 3.63) is 0 Å². The van der Waals surface area contributed by atoms with Gasteiger partial charge in [-0.1, -0.05) is 27.7 Å². The molecule has 2 amide bonds. The lowest BCUT2D eigenvalue weighted by atomic mass is 9.44. The number of imide groups is 1. The van der Waals surface area contributed by atoms with Crippen LogP contribution in [0.25, 0.3) is 0 Å². The van der Waals surface area contributed by atoms with Gasteiger partial charge >= 0.3 is 5.97 Å². The van der Waals surface area contributed by atoms with E-state index in [0.717, 1.165) is 43.4 Å². The highest BCUT2D eigenvalue weighted by Crippen LogP contribution is 2.70. The molecule has 5 fully saturated rings. The largest absolute Gasteiger partial charge is 0.463 e. The van der Waals surface area contributed by atoms with E-state index in [1.54, 1.807) is 6.92 Å². The minimum Gasteiger partial charge on any atom is -0.463 e. The molecule has 4 aliphatic carbocycles. The van der Waals surface area contributed by atoms with Crippen molar-refractivity contribution in [2.45, 2.75) is 131 Å². The number of amides is 2. The van der Waals surface area contributed by atoms with Gasteiger partial charge in [-0.3, -0.25) is 19.3 Å². The van der Waals surface area contributed by atoms with Crippen molar-refractivity contribution in [1.82, 2.24) is 4.90 Å². The topological polar surface area (TPSA) is 72.9 Å². The Morgan fingerprint density at radius 3 is 2.31 bits per heavy atom. The first-order valence-corrected chi connectivity index (χ1v) is 16.0. The highest BCUT2D eigenvalue weighted by molar-refractivity contribution is 5.92. The van der Waals surface area contributed by atoms with Crippen LogP contribution in [0.2, 0.25) is 0 Å². The zero-order valence-electron chi connectivity index (χ0n) is 25.5. The third-order valence-corrected chi connectivity index (χ3v) is 12.7. The van der Waals surface area contributed by atoms with Crippen LogP contribution in [0.15, 0.2) is 0 Å². The Kier molecular flexibility index (Phi) is 8.02. The second-order valence-electron chi connectivity index (χ2n) is 14.9. The fourth-order valence-electron chi connectivity index (χ4n) is 10.9. The smallest absolute Gasteiger partial charge is 0.302 e. The summed E-state index contributed by atoms with van der Waals surface area (Å²) < 4.78 is 12.5. The van der Waals surface area contributed by atoms with Gasteiger partial charge in [0.15, 0.2) is 0 Å². The Labute approximate surface area is 236 Å². The molecule has 0 bridgehead atoms. The number of hydrogen-bond donors (Lipinski definition) is 0. The molecule has 5 aliphatic rings. The number of fused-ring (bicyclic) bond motifs is 7. The summed E-state index contributed by atoms with van der Waals surface area (Å²) in [4.78, 5) is 36.7. The van der Waals surface area contributed by atoms with Crippen LogP contribution in [-0.2, 0) is 23.9 Å². The summed E-state index contributed by atoms with van der Waals surface area (Å²) >= 11 is 0. The molecule has 12 atom stereocenters. The summed E-state index contributed by atoms with van der Waals surface area (Å²) in [6.45, 7) is 14.8. The number of carbonyl (C=O) groups excluding carboxylic acids is 3. The van der Waals surface area contributed by atoms with Crippen molar-refractivity contribution in [2.75, 3.05) is 6.54 Å². The van der Waals surface area contributed by atoms with Crippen molar-refractivity contribution in [3.8, 4) is 0 Å². The molecular formula is C33H53NO5. The van der Waals surface area contributed by atoms with E-state index in [1.807, 2.05) is 0 Å². The molecule has 1 heterocycles. The van der Waals surface area contributed by atoms with Crippen LogP contribution in [0.5, 0.6) is 0 Å². The lowest BCUT2D eigenvalue weighted by molar-refractivity contribution is -0.160. The van der Waals surface area contributed by atoms with E-state index in [-0.39, 0.29) is 35.9 Å². The number of hydrogen-bond acceptors (Lipinski definition) is 5. The van der Waals surface area contributed by atoms with E-state index < -0.39 is 0 Å². The molecule has 0 unspecified atom stereocenters. The van der Waals surface area contributed by atoms with Gasteiger partial charge in [-0.15, -0.1) is 0 Å². The van der Waals surface area contributed by atoms with Crippen molar-refractivity contribution >= 4 is 17.8 Å². The van der Waals surface area contributed by atoms with Crippen LogP contribution >= 0.6 is 0 Å². The molecule has 39 heavy (non-hydrogen) atoms. The van der Waals surface area contributed by atoms with Gasteiger partial charge in [-0.2, -0.15) is 0 Å². The molecule has 0 aromatic heterocycles. The third kappa shape index (κ3) is 5.10. The van der Waals surface area contributed by atoms with Crippen LogP contribution in [0.3, 0.4) is 0 Å². The third-order valence-electron chi connectivity index (χ3n) is 12.7. The summed E-state index contributed by atoms with van der Waals surface area (Å²) in [7, 11) is 0. The van der Waals surface area contributed by atoms with E-state index >= 15 is 0 Å². The fourth-order valence-corrected chi connectivity index (χ4v) is 10.9. The molecule has 220 valence electrons. The Morgan fingerprint density at radius 1 is 0.949 bits per heavy atom. The molecule has 5 rings (SSSR count). The summed E-state index contributed by atoms with van der Waals surface area (Å²) in [5.41, 5.74) is 0.751. The second kappa shape index (κ2) is 10.8. The zero-order valence-corrected chi connectivity index (χ0v) is 25.5. The molecule has 0 N–H and O–H groups in total. The van der Waals surface area contributed by atoms with Crippen molar-refractivity contribution in [1.29, 1.82) is 0 Å². The molecule has 0 aromatic carbocycles. The highest BCUT2D eigenvalue weighted by Gasteiger charge is 2.65. The van der Waals surface area contributed by atoms with Crippen LogP contribution in [0.1, 0.15) is 113 Å². The molecule has 1 aliphatic heterocycles. The predicted octanol–water partition coefficient (Wildman–Crippen LogP) is 6.40. The van der Waals surface area contributed by atoms with Crippen molar-refractivity contribution in [3.63, 3.8) is 0 Å². The van der Waals surface area contributed by atoms with E-state index in [4.69, 9.17) is 9.47 Å².